The van der Waals surface area contributed by atoms with Crippen molar-refractivity contribution < 1.29 is 9.50 Å². The molecule has 2 aromatic rings. The minimum Gasteiger partial charge on any atom is -0.395 e. The summed E-state index contributed by atoms with van der Waals surface area (Å²) in [6.07, 6.45) is 3.86. The van der Waals surface area contributed by atoms with E-state index in [0.29, 0.717) is 4.47 Å². The van der Waals surface area contributed by atoms with E-state index in [9.17, 15) is 9.50 Å². The lowest BCUT2D eigenvalue weighted by molar-refractivity contribution is 0.173. The molecule has 110 valence electrons. The quantitative estimate of drug-likeness (QED) is 0.871. The molecule has 0 heterocycles. The van der Waals surface area contributed by atoms with Gasteiger partial charge < -0.3 is 5.11 Å². The molecule has 0 amide bonds. The second-order valence-electron chi connectivity index (χ2n) is 5.87. The van der Waals surface area contributed by atoms with Gasteiger partial charge in [0.15, 0.2) is 0 Å². The van der Waals surface area contributed by atoms with Crippen LogP contribution < -0.4 is 0 Å². The number of halogens is 2. The van der Waals surface area contributed by atoms with Crippen LogP contribution in [0.15, 0.2) is 46.9 Å². The van der Waals surface area contributed by atoms with Crippen LogP contribution in [0.5, 0.6) is 0 Å². The Morgan fingerprint density at radius 2 is 2.00 bits per heavy atom. The molecule has 0 aliphatic heterocycles. The number of aryl methyl sites for hydroxylation is 1. The number of aliphatic hydroxyl groups is 1. The van der Waals surface area contributed by atoms with Gasteiger partial charge in [-0.1, -0.05) is 30.3 Å². The van der Waals surface area contributed by atoms with E-state index in [1.807, 2.05) is 18.2 Å². The second kappa shape index (κ2) is 5.90. The van der Waals surface area contributed by atoms with Gasteiger partial charge in [-0.05, 0) is 70.4 Å². The Kier molecular flexibility index (Phi) is 4.14. The highest BCUT2D eigenvalue weighted by Crippen LogP contribution is 2.40. The number of aliphatic hydroxyl groups excluding tert-OH is 1. The molecule has 0 saturated heterocycles. The van der Waals surface area contributed by atoms with Crippen LogP contribution in [0.25, 0.3) is 0 Å². The smallest absolute Gasteiger partial charge is 0.137 e. The molecule has 1 aliphatic carbocycles. The monoisotopic (exact) mass is 348 g/mol. The number of hydrogen-bond donors (Lipinski definition) is 1. The van der Waals surface area contributed by atoms with E-state index < -0.39 is 0 Å². The molecule has 1 atom stereocenters. The topological polar surface area (TPSA) is 20.2 Å². The van der Waals surface area contributed by atoms with E-state index in [1.54, 1.807) is 0 Å². The average molecular weight is 349 g/mol. The summed E-state index contributed by atoms with van der Waals surface area (Å²) in [5.74, 6) is -0.249. The molecule has 21 heavy (non-hydrogen) atoms. The van der Waals surface area contributed by atoms with Crippen LogP contribution in [0.2, 0.25) is 0 Å². The fourth-order valence-corrected chi connectivity index (χ4v) is 3.88. The van der Waals surface area contributed by atoms with Crippen LogP contribution in [-0.2, 0) is 18.3 Å². The van der Waals surface area contributed by atoms with Crippen LogP contribution in [-0.4, -0.2) is 11.7 Å². The minimum atomic E-state index is -0.249. The van der Waals surface area contributed by atoms with Crippen molar-refractivity contribution in [3.63, 3.8) is 0 Å². The van der Waals surface area contributed by atoms with Gasteiger partial charge >= 0.3 is 0 Å². The molecular weight excluding hydrogens is 331 g/mol. The fraction of sp³-hybridized carbons (Fsp3) is 0.333. The zero-order valence-electron chi connectivity index (χ0n) is 11.8. The third-order valence-corrected chi connectivity index (χ3v) is 5.13. The third-order valence-electron chi connectivity index (χ3n) is 4.52. The number of benzene rings is 2. The van der Waals surface area contributed by atoms with Crippen LogP contribution in [0.3, 0.4) is 0 Å². The fourth-order valence-electron chi connectivity index (χ4n) is 3.45. The van der Waals surface area contributed by atoms with Gasteiger partial charge in [0.05, 0.1) is 11.1 Å². The molecule has 0 bridgehead atoms. The summed E-state index contributed by atoms with van der Waals surface area (Å²) in [5, 5.41) is 10.1. The van der Waals surface area contributed by atoms with E-state index >= 15 is 0 Å². The SMILES string of the molecule is OCC1(Cc2ccc(F)c(Br)c2)CCCc2ccccc21. The lowest BCUT2D eigenvalue weighted by Gasteiger charge is -2.38. The van der Waals surface area contributed by atoms with Crippen LogP contribution >= 0.6 is 15.9 Å². The molecule has 1 unspecified atom stereocenters. The summed E-state index contributed by atoms with van der Waals surface area (Å²) >= 11 is 3.24. The molecule has 0 aromatic heterocycles. The highest BCUT2D eigenvalue weighted by molar-refractivity contribution is 9.10. The highest BCUT2D eigenvalue weighted by Gasteiger charge is 2.36. The summed E-state index contributed by atoms with van der Waals surface area (Å²) in [6.45, 7) is 0.124. The largest absolute Gasteiger partial charge is 0.395 e. The lowest BCUT2D eigenvalue weighted by Crippen LogP contribution is -2.37. The molecule has 3 heteroatoms. The Bertz CT molecular complexity index is 655. The zero-order chi connectivity index (χ0) is 14.9. The highest BCUT2D eigenvalue weighted by atomic mass is 79.9. The summed E-state index contributed by atoms with van der Waals surface area (Å²) in [4.78, 5) is 0. The third kappa shape index (κ3) is 2.77. The van der Waals surface area contributed by atoms with Crippen molar-refractivity contribution >= 4 is 15.9 Å². The molecule has 0 spiro atoms. The van der Waals surface area contributed by atoms with Crippen molar-refractivity contribution in [1.82, 2.24) is 0 Å². The Hall–Kier alpha value is -1.19. The first-order chi connectivity index (χ1) is 10.1. The Labute approximate surface area is 132 Å². The van der Waals surface area contributed by atoms with Gasteiger partial charge in [0.2, 0.25) is 0 Å². The maximum absolute atomic E-state index is 13.4. The Morgan fingerprint density at radius 1 is 1.19 bits per heavy atom. The summed E-state index contributed by atoms with van der Waals surface area (Å²) < 4.78 is 13.9. The molecule has 0 fully saturated rings. The molecule has 1 aliphatic rings. The van der Waals surface area contributed by atoms with E-state index in [0.717, 1.165) is 31.2 Å². The maximum Gasteiger partial charge on any atom is 0.137 e. The normalized spacial score (nSPS) is 21.1. The van der Waals surface area contributed by atoms with Gasteiger partial charge in [0, 0.05) is 5.41 Å². The van der Waals surface area contributed by atoms with E-state index in [4.69, 9.17) is 0 Å². The minimum absolute atomic E-state index is 0.124. The van der Waals surface area contributed by atoms with Gasteiger partial charge in [0.25, 0.3) is 0 Å². The molecule has 3 rings (SSSR count). The van der Waals surface area contributed by atoms with E-state index in [1.165, 1.54) is 17.2 Å². The average Bonchev–Trinajstić information content (AvgIpc) is 2.51. The van der Waals surface area contributed by atoms with Crippen molar-refractivity contribution in [3.8, 4) is 0 Å². The van der Waals surface area contributed by atoms with Crippen LogP contribution in [0.1, 0.15) is 29.5 Å². The van der Waals surface area contributed by atoms with Crippen molar-refractivity contribution in [2.24, 2.45) is 0 Å². The predicted molar refractivity (Wildman–Crippen MR) is 85.9 cm³/mol. The molecule has 2 aromatic carbocycles. The first-order valence-electron chi connectivity index (χ1n) is 7.28. The molecule has 1 N–H and O–H groups in total. The van der Waals surface area contributed by atoms with Crippen molar-refractivity contribution in [3.05, 3.63) is 69.4 Å². The van der Waals surface area contributed by atoms with Crippen LogP contribution in [0.4, 0.5) is 4.39 Å². The number of rotatable bonds is 3. The van der Waals surface area contributed by atoms with E-state index in [2.05, 4.69) is 34.1 Å². The first-order valence-corrected chi connectivity index (χ1v) is 8.07. The molecule has 1 nitrogen and oxygen atoms in total. The number of fused-ring (bicyclic) bond motifs is 1. The van der Waals surface area contributed by atoms with Gasteiger partial charge in [-0.2, -0.15) is 0 Å². The standard InChI is InChI=1S/C18H18BrFO/c19-16-10-13(7-8-17(16)20)11-18(12-21)9-3-5-14-4-1-2-6-15(14)18/h1-2,4,6-8,10,21H,3,5,9,11-12H2. The molecule has 0 radical (unpaired) electrons. The van der Waals surface area contributed by atoms with Crippen molar-refractivity contribution in [1.29, 1.82) is 0 Å². The van der Waals surface area contributed by atoms with Gasteiger partial charge in [-0.3, -0.25) is 0 Å². The van der Waals surface area contributed by atoms with Gasteiger partial charge in [0.1, 0.15) is 5.82 Å². The maximum atomic E-state index is 13.4. The zero-order valence-corrected chi connectivity index (χ0v) is 13.4. The van der Waals surface area contributed by atoms with Gasteiger partial charge in [-0.25, -0.2) is 4.39 Å². The van der Waals surface area contributed by atoms with Crippen molar-refractivity contribution in [2.75, 3.05) is 6.61 Å². The summed E-state index contributed by atoms with van der Waals surface area (Å²) in [5.41, 5.74) is 3.39. The lowest BCUT2D eigenvalue weighted by atomic mass is 9.67. The van der Waals surface area contributed by atoms with Gasteiger partial charge in [-0.15, -0.1) is 0 Å². The van der Waals surface area contributed by atoms with E-state index in [-0.39, 0.29) is 17.8 Å². The Morgan fingerprint density at radius 3 is 2.76 bits per heavy atom. The van der Waals surface area contributed by atoms with Crippen molar-refractivity contribution in [2.45, 2.75) is 31.1 Å². The summed E-state index contributed by atoms with van der Waals surface area (Å²) in [6, 6.07) is 13.5. The first kappa shape index (κ1) is 14.7. The second-order valence-corrected chi connectivity index (χ2v) is 6.73. The predicted octanol–water partition coefficient (Wildman–Crippen LogP) is 4.40. The molecular formula is C18H18BrFO. The number of hydrogen-bond acceptors (Lipinski definition) is 1. The van der Waals surface area contributed by atoms with Crippen LogP contribution in [0, 0.1) is 5.82 Å². The summed E-state index contributed by atoms with van der Waals surface area (Å²) in [7, 11) is 0. The molecule has 0 saturated carbocycles. The Balaban J connectivity index is 2.00.